The van der Waals surface area contributed by atoms with Gasteiger partial charge >= 0.3 is 0 Å². The molecule has 4 aromatic rings. The van der Waals surface area contributed by atoms with Crippen molar-refractivity contribution in [1.29, 1.82) is 0 Å². The minimum absolute atomic E-state index is 0.0885. The van der Waals surface area contributed by atoms with E-state index in [2.05, 4.69) is 26.8 Å². The van der Waals surface area contributed by atoms with Crippen molar-refractivity contribution >= 4 is 27.8 Å². The Kier molecular flexibility index (Phi) is 3.73. The topological polar surface area (TPSA) is 78.9 Å². The molecule has 0 radical (unpaired) electrons. The monoisotopic (exact) mass is 355 g/mol. The summed E-state index contributed by atoms with van der Waals surface area (Å²) in [4.78, 5) is 12.8. The van der Waals surface area contributed by atoms with E-state index in [1.807, 2.05) is 47.2 Å². The molecule has 0 saturated carbocycles. The van der Waals surface area contributed by atoms with Gasteiger partial charge in [-0.3, -0.25) is 4.98 Å². The highest BCUT2D eigenvalue weighted by atomic mass is 16.5. The summed E-state index contributed by atoms with van der Waals surface area (Å²) >= 11 is 0. The van der Waals surface area contributed by atoms with Crippen LogP contribution in [0, 0.1) is 11.8 Å². The van der Waals surface area contributed by atoms with Crippen LogP contribution in [-0.2, 0) is 4.74 Å². The first-order valence-electron chi connectivity index (χ1n) is 8.87. The van der Waals surface area contributed by atoms with Crippen LogP contribution in [0.4, 0.5) is 5.82 Å². The lowest BCUT2D eigenvalue weighted by Gasteiger charge is -2.13. The SMILES string of the molecule is Nc1ncnc2c1ccn2[C@H]1CC[C@@H](C#Cc2ccc3cccnc3c2)O1. The van der Waals surface area contributed by atoms with Gasteiger partial charge in [0, 0.05) is 23.3 Å². The number of benzene rings is 1. The Morgan fingerprint density at radius 2 is 2.07 bits per heavy atom. The summed E-state index contributed by atoms with van der Waals surface area (Å²) in [7, 11) is 0. The maximum absolute atomic E-state index is 6.14. The number of aromatic nitrogens is 4. The average Bonchev–Trinajstić information content (AvgIpc) is 3.33. The highest BCUT2D eigenvalue weighted by molar-refractivity contribution is 5.86. The summed E-state index contributed by atoms with van der Waals surface area (Å²) in [5.74, 6) is 6.95. The molecule has 2 N–H and O–H groups in total. The molecule has 1 saturated heterocycles. The second-order valence-electron chi connectivity index (χ2n) is 6.56. The number of pyridine rings is 1. The zero-order chi connectivity index (χ0) is 18.2. The molecule has 2 atom stereocenters. The number of nitrogen functional groups attached to an aromatic ring is 1. The van der Waals surface area contributed by atoms with Gasteiger partial charge in [-0.05, 0) is 37.1 Å². The predicted octanol–water partition coefficient (Wildman–Crippen LogP) is 3.29. The van der Waals surface area contributed by atoms with Gasteiger partial charge < -0.3 is 15.0 Å². The predicted molar refractivity (Wildman–Crippen MR) is 104 cm³/mol. The molecule has 0 aliphatic carbocycles. The van der Waals surface area contributed by atoms with Crippen LogP contribution in [0.3, 0.4) is 0 Å². The third-order valence-corrected chi connectivity index (χ3v) is 4.83. The fourth-order valence-corrected chi connectivity index (χ4v) is 3.46. The van der Waals surface area contributed by atoms with E-state index in [0.717, 1.165) is 40.3 Å². The van der Waals surface area contributed by atoms with Crippen molar-refractivity contribution in [2.24, 2.45) is 0 Å². The Balaban J connectivity index is 1.36. The van der Waals surface area contributed by atoms with Crippen LogP contribution in [-0.4, -0.2) is 25.6 Å². The standard InChI is InChI=1S/C21H17N5O/c22-20-17-9-11-26(21(17)25-13-24-20)19-8-7-16(27-19)6-4-14-3-5-15-2-1-10-23-18(15)12-14/h1-3,5,9-13,16,19H,7-8H2,(H2,22,24,25)/t16-,19-/m1/s1. The largest absolute Gasteiger partial charge is 0.383 e. The fourth-order valence-electron chi connectivity index (χ4n) is 3.46. The quantitative estimate of drug-likeness (QED) is 0.530. The molecule has 6 nitrogen and oxygen atoms in total. The molecule has 1 aromatic carbocycles. The molecule has 27 heavy (non-hydrogen) atoms. The highest BCUT2D eigenvalue weighted by Crippen LogP contribution is 2.31. The van der Waals surface area contributed by atoms with E-state index in [1.165, 1.54) is 6.33 Å². The summed E-state index contributed by atoms with van der Waals surface area (Å²) in [6.45, 7) is 0. The number of ether oxygens (including phenoxy) is 1. The second-order valence-corrected chi connectivity index (χ2v) is 6.56. The molecule has 6 heteroatoms. The van der Waals surface area contributed by atoms with Crippen molar-refractivity contribution in [3.8, 4) is 11.8 Å². The third kappa shape index (κ3) is 2.88. The van der Waals surface area contributed by atoms with Gasteiger partial charge in [-0.25, -0.2) is 9.97 Å². The van der Waals surface area contributed by atoms with Gasteiger partial charge in [0.25, 0.3) is 0 Å². The van der Waals surface area contributed by atoms with E-state index < -0.39 is 0 Å². The van der Waals surface area contributed by atoms with Gasteiger partial charge in [0.05, 0.1) is 10.9 Å². The minimum atomic E-state index is -0.105. The molecule has 4 heterocycles. The van der Waals surface area contributed by atoms with Gasteiger partial charge in [-0.15, -0.1) is 0 Å². The molecule has 0 spiro atoms. The Labute approximate surface area is 156 Å². The molecular formula is C21H17N5O. The number of anilines is 1. The summed E-state index contributed by atoms with van der Waals surface area (Å²) in [5.41, 5.74) is 8.60. The van der Waals surface area contributed by atoms with E-state index in [-0.39, 0.29) is 12.3 Å². The molecule has 3 aromatic heterocycles. The maximum atomic E-state index is 6.14. The summed E-state index contributed by atoms with van der Waals surface area (Å²) in [6.07, 6.45) is 6.79. The first kappa shape index (κ1) is 15.8. The van der Waals surface area contributed by atoms with Crippen molar-refractivity contribution in [2.75, 3.05) is 5.73 Å². The van der Waals surface area contributed by atoms with Crippen LogP contribution in [0.2, 0.25) is 0 Å². The Morgan fingerprint density at radius 3 is 3.04 bits per heavy atom. The van der Waals surface area contributed by atoms with Crippen LogP contribution in [0.1, 0.15) is 24.6 Å². The molecule has 1 fully saturated rings. The Bertz CT molecular complexity index is 1200. The fraction of sp³-hybridized carbons (Fsp3) is 0.190. The van der Waals surface area contributed by atoms with Gasteiger partial charge in [0.15, 0.2) is 0 Å². The van der Waals surface area contributed by atoms with E-state index in [9.17, 15) is 0 Å². The van der Waals surface area contributed by atoms with Gasteiger partial charge in [0.1, 0.15) is 30.1 Å². The van der Waals surface area contributed by atoms with Gasteiger partial charge in [0.2, 0.25) is 0 Å². The van der Waals surface area contributed by atoms with Gasteiger partial charge in [-0.1, -0.05) is 24.0 Å². The number of fused-ring (bicyclic) bond motifs is 2. The van der Waals surface area contributed by atoms with Crippen molar-refractivity contribution in [3.63, 3.8) is 0 Å². The molecule has 132 valence electrons. The second kappa shape index (κ2) is 6.38. The van der Waals surface area contributed by atoms with E-state index in [1.54, 1.807) is 6.20 Å². The van der Waals surface area contributed by atoms with E-state index >= 15 is 0 Å². The molecule has 0 amide bonds. The van der Waals surface area contributed by atoms with Crippen molar-refractivity contribution in [3.05, 3.63) is 60.7 Å². The van der Waals surface area contributed by atoms with Crippen LogP contribution in [0.15, 0.2) is 55.1 Å². The summed E-state index contributed by atoms with van der Waals surface area (Å²) in [6, 6.07) is 12.0. The van der Waals surface area contributed by atoms with Crippen LogP contribution in [0.5, 0.6) is 0 Å². The van der Waals surface area contributed by atoms with Crippen LogP contribution >= 0.6 is 0 Å². The Morgan fingerprint density at radius 1 is 1.11 bits per heavy atom. The minimum Gasteiger partial charge on any atom is -0.383 e. The Hall–Kier alpha value is -3.43. The van der Waals surface area contributed by atoms with Crippen molar-refractivity contribution < 1.29 is 4.74 Å². The highest BCUT2D eigenvalue weighted by Gasteiger charge is 2.26. The number of nitrogens with two attached hydrogens (primary N) is 1. The molecular weight excluding hydrogens is 338 g/mol. The first-order valence-corrected chi connectivity index (χ1v) is 8.87. The summed E-state index contributed by atoms with van der Waals surface area (Å²) < 4.78 is 8.14. The van der Waals surface area contributed by atoms with Crippen molar-refractivity contribution in [1.82, 2.24) is 19.5 Å². The number of hydrogen-bond donors (Lipinski definition) is 1. The lowest BCUT2D eigenvalue weighted by molar-refractivity contribution is 0.0304. The smallest absolute Gasteiger partial charge is 0.147 e. The number of hydrogen-bond acceptors (Lipinski definition) is 5. The van der Waals surface area contributed by atoms with E-state index in [0.29, 0.717) is 5.82 Å². The van der Waals surface area contributed by atoms with Crippen LogP contribution in [0.25, 0.3) is 21.9 Å². The zero-order valence-corrected chi connectivity index (χ0v) is 14.5. The lowest BCUT2D eigenvalue weighted by atomic mass is 10.1. The average molecular weight is 355 g/mol. The molecule has 0 bridgehead atoms. The summed E-state index contributed by atoms with van der Waals surface area (Å²) in [5, 5.41) is 1.96. The molecule has 1 aliphatic rings. The van der Waals surface area contributed by atoms with E-state index in [4.69, 9.17) is 10.5 Å². The third-order valence-electron chi connectivity index (χ3n) is 4.83. The first-order chi connectivity index (χ1) is 13.3. The molecule has 0 unspecified atom stereocenters. The lowest BCUT2D eigenvalue weighted by Crippen LogP contribution is -2.10. The normalized spacial score (nSPS) is 19.3. The number of rotatable bonds is 1. The maximum Gasteiger partial charge on any atom is 0.147 e. The van der Waals surface area contributed by atoms with Gasteiger partial charge in [-0.2, -0.15) is 0 Å². The zero-order valence-electron chi connectivity index (χ0n) is 14.5. The molecule has 1 aliphatic heterocycles. The van der Waals surface area contributed by atoms with Crippen LogP contribution < -0.4 is 5.73 Å². The number of nitrogens with zero attached hydrogens (tertiary/aromatic N) is 4. The van der Waals surface area contributed by atoms with Crippen molar-refractivity contribution in [2.45, 2.75) is 25.2 Å². The molecule has 5 rings (SSSR count).